The Morgan fingerprint density at radius 3 is 2.53 bits per heavy atom. The molecule has 0 radical (unpaired) electrons. The molecule has 0 saturated heterocycles. The number of allylic oxidation sites excluding steroid dienone is 6. The van der Waals surface area contributed by atoms with Crippen LogP contribution in [-0.2, 0) is 4.79 Å². The van der Waals surface area contributed by atoms with Crippen LogP contribution in [0.25, 0.3) is 0 Å². The Kier molecular flexibility index (Phi) is 8.36. The molecule has 0 aromatic carbocycles. The van der Waals surface area contributed by atoms with E-state index in [2.05, 4.69) is 19.2 Å². The third-order valence-electron chi connectivity index (χ3n) is 2.19. The maximum absolute atomic E-state index is 11.3. The van der Waals surface area contributed by atoms with E-state index in [0.29, 0.717) is 0 Å². The van der Waals surface area contributed by atoms with E-state index in [4.69, 9.17) is 0 Å². The molecule has 0 fully saturated rings. The molecule has 0 heterocycles. The van der Waals surface area contributed by atoms with Crippen molar-refractivity contribution in [3.8, 4) is 0 Å². The second-order valence-electron chi connectivity index (χ2n) is 3.29. The van der Waals surface area contributed by atoms with Crippen LogP contribution in [0.2, 0.25) is 0 Å². The fourth-order valence-corrected chi connectivity index (χ4v) is 1.31. The van der Waals surface area contributed by atoms with Crippen molar-refractivity contribution in [2.75, 3.05) is 0 Å². The van der Waals surface area contributed by atoms with Crippen molar-refractivity contribution in [2.24, 2.45) is 0 Å². The number of unbranched alkanes of at least 4 members (excludes halogenated alkanes) is 2. The summed E-state index contributed by atoms with van der Waals surface area (Å²) in [6, 6.07) is 0. The normalized spacial score (nSPS) is 11.7. The molecule has 0 aromatic heterocycles. The molecule has 0 saturated carbocycles. The summed E-state index contributed by atoms with van der Waals surface area (Å²) in [5.41, 5.74) is 0.873. The first-order chi connectivity index (χ1) is 7.26. The SMILES string of the molecule is C=C/C=C/CCCC/C(=C\C)C(=O)C=C. The zero-order chi connectivity index (χ0) is 11.5. The van der Waals surface area contributed by atoms with Gasteiger partial charge in [0.2, 0.25) is 0 Å². The van der Waals surface area contributed by atoms with Crippen LogP contribution in [0.1, 0.15) is 32.6 Å². The van der Waals surface area contributed by atoms with Crippen LogP contribution in [0.5, 0.6) is 0 Å². The van der Waals surface area contributed by atoms with Gasteiger partial charge in [-0.3, -0.25) is 4.79 Å². The maximum Gasteiger partial charge on any atom is 0.180 e. The number of carbonyl (C=O) groups is 1. The Morgan fingerprint density at radius 1 is 1.27 bits per heavy atom. The predicted octanol–water partition coefficient (Wildman–Crippen LogP) is 3.99. The standard InChI is InChI=1S/C14H20O/c1-4-7-8-9-10-11-12-13(5-2)14(15)6-3/h4-8H,1,3,9-12H2,2H3/b8-7+,13-5+. The topological polar surface area (TPSA) is 17.1 Å². The maximum atomic E-state index is 11.3. The number of hydrogen-bond acceptors (Lipinski definition) is 1. The van der Waals surface area contributed by atoms with Gasteiger partial charge in [0, 0.05) is 0 Å². The summed E-state index contributed by atoms with van der Waals surface area (Å²) in [7, 11) is 0. The van der Waals surface area contributed by atoms with E-state index in [1.165, 1.54) is 6.08 Å². The third-order valence-corrected chi connectivity index (χ3v) is 2.19. The summed E-state index contributed by atoms with van der Waals surface area (Å²) in [5.74, 6) is 0.0548. The Bertz CT molecular complexity index is 269. The Hall–Kier alpha value is -1.37. The molecule has 1 heteroatoms. The van der Waals surface area contributed by atoms with Gasteiger partial charge in [-0.1, -0.05) is 37.5 Å². The van der Waals surface area contributed by atoms with Gasteiger partial charge >= 0.3 is 0 Å². The van der Waals surface area contributed by atoms with E-state index >= 15 is 0 Å². The predicted molar refractivity (Wildman–Crippen MR) is 66.8 cm³/mol. The molecule has 15 heavy (non-hydrogen) atoms. The van der Waals surface area contributed by atoms with E-state index in [0.717, 1.165) is 31.3 Å². The molecule has 0 spiro atoms. The Morgan fingerprint density at radius 2 is 2.00 bits per heavy atom. The minimum absolute atomic E-state index is 0.0548. The Balaban J connectivity index is 3.74. The summed E-state index contributed by atoms with van der Waals surface area (Å²) in [5, 5.41) is 0. The average Bonchev–Trinajstić information content (AvgIpc) is 2.27. The smallest absolute Gasteiger partial charge is 0.180 e. The van der Waals surface area contributed by atoms with Crippen LogP contribution >= 0.6 is 0 Å². The molecule has 0 aromatic rings. The van der Waals surface area contributed by atoms with Gasteiger partial charge in [0.25, 0.3) is 0 Å². The van der Waals surface area contributed by atoms with Crippen LogP contribution in [0.15, 0.2) is 49.1 Å². The molecule has 0 bridgehead atoms. The zero-order valence-electron chi connectivity index (χ0n) is 9.54. The fourth-order valence-electron chi connectivity index (χ4n) is 1.31. The van der Waals surface area contributed by atoms with Crippen molar-refractivity contribution in [1.82, 2.24) is 0 Å². The molecule has 0 aliphatic carbocycles. The van der Waals surface area contributed by atoms with Crippen molar-refractivity contribution in [3.63, 3.8) is 0 Å². The molecule has 0 N–H and O–H groups in total. The van der Waals surface area contributed by atoms with Gasteiger partial charge < -0.3 is 0 Å². The molecule has 0 rings (SSSR count). The molecular weight excluding hydrogens is 184 g/mol. The van der Waals surface area contributed by atoms with Gasteiger partial charge in [0.05, 0.1) is 0 Å². The van der Waals surface area contributed by atoms with Crippen molar-refractivity contribution in [3.05, 3.63) is 49.1 Å². The lowest BCUT2D eigenvalue weighted by atomic mass is 10.0. The van der Waals surface area contributed by atoms with E-state index in [1.807, 2.05) is 19.1 Å². The summed E-state index contributed by atoms with van der Waals surface area (Å²) in [6.45, 7) is 8.99. The summed E-state index contributed by atoms with van der Waals surface area (Å²) < 4.78 is 0. The van der Waals surface area contributed by atoms with Crippen LogP contribution in [0, 0.1) is 0 Å². The highest BCUT2D eigenvalue weighted by Crippen LogP contribution is 2.10. The van der Waals surface area contributed by atoms with E-state index in [-0.39, 0.29) is 5.78 Å². The molecule has 82 valence electrons. The second kappa shape index (κ2) is 9.20. The minimum atomic E-state index is 0.0548. The number of rotatable bonds is 8. The van der Waals surface area contributed by atoms with E-state index < -0.39 is 0 Å². The highest BCUT2D eigenvalue weighted by molar-refractivity contribution is 6.03. The van der Waals surface area contributed by atoms with Crippen LogP contribution < -0.4 is 0 Å². The quantitative estimate of drug-likeness (QED) is 0.332. The molecule has 0 atom stereocenters. The first-order valence-corrected chi connectivity index (χ1v) is 5.35. The zero-order valence-corrected chi connectivity index (χ0v) is 9.54. The van der Waals surface area contributed by atoms with Gasteiger partial charge in [-0.15, -0.1) is 0 Å². The molecule has 0 amide bonds. The van der Waals surface area contributed by atoms with Crippen LogP contribution in [0.4, 0.5) is 0 Å². The molecular formula is C14H20O. The molecule has 0 unspecified atom stereocenters. The third kappa shape index (κ3) is 6.67. The van der Waals surface area contributed by atoms with E-state index in [1.54, 1.807) is 6.08 Å². The number of carbonyl (C=O) groups excluding carboxylic acids is 1. The number of ketones is 1. The summed E-state index contributed by atoms with van der Waals surface area (Å²) in [4.78, 5) is 11.3. The van der Waals surface area contributed by atoms with Gasteiger partial charge in [-0.25, -0.2) is 0 Å². The summed E-state index contributed by atoms with van der Waals surface area (Å²) >= 11 is 0. The van der Waals surface area contributed by atoms with Gasteiger partial charge in [-0.2, -0.15) is 0 Å². The van der Waals surface area contributed by atoms with Crippen LogP contribution in [-0.4, -0.2) is 5.78 Å². The van der Waals surface area contributed by atoms with Gasteiger partial charge in [0.1, 0.15) is 0 Å². The van der Waals surface area contributed by atoms with Crippen molar-refractivity contribution in [2.45, 2.75) is 32.6 Å². The molecule has 0 aliphatic heterocycles. The Labute approximate surface area is 92.9 Å². The average molecular weight is 204 g/mol. The largest absolute Gasteiger partial charge is 0.290 e. The van der Waals surface area contributed by atoms with Gasteiger partial charge in [0.15, 0.2) is 5.78 Å². The number of hydrogen-bond donors (Lipinski definition) is 0. The highest BCUT2D eigenvalue weighted by atomic mass is 16.1. The lowest BCUT2D eigenvalue weighted by Gasteiger charge is -2.01. The summed E-state index contributed by atoms with van der Waals surface area (Å²) in [6.07, 6.45) is 13.1. The fraction of sp³-hybridized carbons (Fsp3) is 0.357. The highest BCUT2D eigenvalue weighted by Gasteiger charge is 2.02. The molecule has 0 aliphatic rings. The van der Waals surface area contributed by atoms with Crippen molar-refractivity contribution < 1.29 is 4.79 Å². The monoisotopic (exact) mass is 204 g/mol. The molecule has 1 nitrogen and oxygen atoms in total. The first-order valence-electron chi connectivity index (χ1n) is 5.35. The first kappa shape index (κ1) is 13.6. The lowest BCUT2D eigenvalue weighted by molar-refractivity contribution is -0.111. The lowest BCUT2D eigenvalue weighted by Crippen LogP contribution is -1.97. The second-order valence-corrected chi connectivity index (χ2v) is 3.29. The minimum Gasteiger partial charge on any atom is -0.290 e. The van der Waals surface area contributed by atoms with Crippen molar-refractivity contribution >= 4 is 5.78 Å². The van der Waals surface area contributed by atoms with Gasteiger partial charge in [-0.05, 0) is 44.3 Å². The van der Waals surface area contributed by atoms with Crippen LogP contribution in [0.3, 0.4) is 0 Å². The van der Waals surface area contributed by atoms with E-state index in [9.17, 15) is 4.79 Å². The van der Waals surface area contributed by atoms with Crippen molar-refractivity contribution in [1.29, 1.82) is 0 Å².